The van der Waals surface area contributed by atoms with Crippen LogP contribution in [-0.2, 0) is 0 Å². The number of nitrogens with zero attached hydrogens (tertiary/aromatic N) is 2. The zero-order valence-corrected chi connectivity index (χ0v) is 11.4. The molecule has 0 N–H and O–H groups in total. The van der Waals surface area contributed by atoms with Gasteiger partial charge in [-0.15, -0.1) is 0 Å². The summed E-state index contributed by atoms with van der Waals surface area (Å²) < 4.78 is 3.46. The molecule has 2 aromatic rings. The molecule has 0 spiro atoms. The molecule has 1 aromatic carbocycles. The molecule has 1 heterocycles. The summed E-state index contributed by atoms with van der Waals surface area (Å²) in [6.45, 7) is 2.12. The van der Waals surface area contributed by atoms with E-state index in [9.17, 15) is 0 Å². The van der Waals surface area contributed by atoms with Crippen molar-refractivity contribution in [3.63, 3.8) is 0 Å². The molecule has 1 aromatic heterocycles. The Balaban J connectivity index is 1.69. The fourth-order valence-electron chi connectivity index (χ4n) is 2.58. The predicted molar refractivity (Wildman–Crippen MR) is 72.1 cm³/mol. The van der Waals surface area contributed by atoms with E-state index in [4.69, 9.17) is 0 Å². The summed E-state index contributed by atoms with van der Waals surface area (Å²) in [7, 11) is 0. The highest BCUT2D eigenvalue weighted by Gasteiger charge is 2.31. The van der Waals surface area contributed by atoms with Gasteiger partial charge in [-0.25, -0.2) is 4.98 Å². The molecule has 0 amide bonds. The number of aromatic nitrogens is 2. The van der Waals surface area contributed by atoms with Gasteiger partial charge < -0.3 is 4.57 Å². The first-order valence-corrected chi connectivity index (χ1v) is 6.77. The monoisotopic (exact) mass is 290 g/mol. The topological polar surface area (TPSA) is 17.8 Å². The van der Waals surface area contributed by atoms with Gasteiger partial charge in [-0.3, -0.25) is 0 Å². The minimum atomic E-state index is 0.645. The molecular weight excluding hydrogens is 276 g/mol. The normalized spacial score (nSPS) is 23.4. The van der Waals surface area contributed by atoms with Crippen molar-refractivity contribution < 1.29 is 0 Å². The van der Waals surface area contributed by atoms with Crippen LogP contribution in [0.4, 0.5) is 0 Å². The molecule has 17 heavy (non-hydrogen) atoms. The summed E-state index contributed by atoms with van der Waals surface area (Å²) in [4.78, 5) is 4.19. The maximum absolute atomic E-state index is 4.19. The van der Waals surface area contributed by atoms with Crippen LogP contribution in [0, 0.1) is 6.92 Å². The van der Waals surface area contributed by atoms with Crippen molar-refractivity contribution in [3.8, 4) is 0 Å². The molecule has 0 unspecified atom stereocenters. The van der Waals surface area contributed by atoms with Crippen molar-refractivity contribution in [1.29, 1.82) is 0 Å². The van der Waals surface area contributed by atoms with Crippen molar-refractivity contribution in [2.75, 3.05) is 0 Å². The molecular formula is C14H15BrN2. The second-order valence-electron chi connectivity index (χ2n) is 4.82. The molecule has 88 valence electrons. The van der Waals surface area contributed by atoms with E-state index < -0.39 is 0 Å². The van der Waals surface area contributed by atoms with Crippen LogP contribution in [-0.4, -0.2) is 9.55 Å². The second kappa shape index (κ2) is 4.30. The Kier molecular flexibility index (Phi) is 2.79. The van der Waals surface area contributed by atoms with Gasteiger partial charge in [-0.2, -0.15) is 0 Å². The molecule has 1 aliphatic carbocycles. The van der Waals surface area contributed by atoms with Crippen LogP contribution < -0.4 is 0 Å². The number of aryl methyl sites for hydroxylation is 1. The highest BCUT2D eigenvalue weighted by Crippen LogP contribution is 2.45. The van der Waals surface area contributed by atoms with Gasteiger partial charge in [-0.05, 0) is 43.4 Å². The lowest BCUT2D eigenvalue weighted by Crippen LogP contribution is -2.25. The third kappa shape index (κ3) is 2.04. The first-order valence-electron chi connectivity index (χ1n) is 5.98. The summed E-state index contributed by atoms with van der Waals surface area (Å²) in [6, 6.07) is 9.36. The molecule has 1 saturated carbocycles. The average Bonchev–Trinajstić information content (AvgIpc) is 2.66. The first-order chi connectivity index (χ1) is 8.24. The van der Waals surface area contributed by atoms with E-state index in [1.54, 1.807) is 0 Å². The van der Waals surface area contributed by atoms with Gasteiger partial charge in [0.05, 0.1) is 6.33 Å². The summed E-state index contributed by atoms with van der Waals surface area (Å²) in [5, 5.41) is 0. The van der Waals surface area contributed by atoms with Gasteiger partial charge in [0.2, 0.25) is 0 Å². The van der Waals surface area contributed by atoms with Crippen molar-refractivity contribution in [2.45, 2.75) is 31.7 Å². The summed E-state index contributed by atoms with van der Waals surface area (Å²) in [5.41, 5.74) is 2.73. The molecule has 0 aliphatic heterocycles. The number of hydrogen-bond donors (Lipinski definition) is 0. The van der Waals surface area contributed by atoms with E-state index in [0.717, 1.165) is 10.4 Å². The highest BCUT2D eigenvalue weighted by molar-refractivity contribution is 9.10. The van der Waals surface area contributed by atoms with Crippen molar-refractivity contribution in [1.82, 2.24) is 9.55 Å². The van der Waals surface area contributed by atoms with Crippen LogP contribution in [0.25, 0.3) is 0 Å². The number of benzene rings is 1. The SMILES string of the molecule is Cc1cncn1C1CC(c2ccc(Br)cc2)C1. The molecule has 3 heteroatoms. The quantitative estimate of drug-likeness (QED) is 0.815. The van der Waals surface area contributed by atoms with Crippen molar-refractivity contribution in [2.24, 2.45) is 0 Å². The Morgan fingerprint density at radius 1 is 1.24 bits per heavy atom. The van der Waals surface area contributed by atoms with Gasteiger partial charge in [0.15, 0.2) is 0 Å². The Hall–Kier alpha value is -1.09. The van der Waals surface area contributed by atoms with E-state index in [2.05, 4.69) is 56.7 Å². The van der Waals surface area contributed by atoms with Gasteiger partial charge in [0, 0.05) is 22.4 Å². The maximum atomic E-state index is 4.19. The van der Waals surface area contributed by atoms with Crippen LogP contribution >= 0.6 is 15.9 Å². The van der Waals surface area contributed by atoms with Gasteiger partial charge in [0.1, 0.15) is 0 Å². The van der Waals surface area contributed by atoms with Crippen LogP contribution in [0.5, 0.6) is 0 Å². The zero-order chi connectivity index (χ0) is 11.8. The molecule has 2 nitrogen and oxygen atoms in total. The molecule has 1 fully saturated rings. The lowest BCUT2D eigenvalue weighted by atomic mass is 9.75. The maximum Gasteiger partial charge on any atom is 0.0950 e. The largest absolute Gasteiger partial charge is 0.332 e. The molecule has 0 radical (unpaired) electrons. The van der Waals surface area contributed by atoms with Crippen LogP contribution in [0.1, 0.15) is 36.1 Å². The first kappa shape index (κ1) is 11.0. The fourth-order valence-corrected chi connectivity index (χ4v) is 2.84. The molecule has 1 aliphatic rings. The minimum Gasteiger partial charge on any atom is -0.332 e. The molecule has 3 rings (SSSR count). The molecule has 0 bridgehead atoms. The van der Waals surface area contributed by atoms with Crippen molar-refractivity contribution >= 4 is 15.9 Å². The van der Waals surface area contributed by atoms with E-state index in [0.29, 0.717) is 6.04 Å². The predicted octanol–water partition coefficient (Wildman–Crippen LogP) is 4.07. The Morgan fingerprint density at radius 2 is 1.94 bits per heavy atom. The zero-order valence-electron chi connectivity index (χ0n) is 9.81. The van der Waals surface area contributed by atoms with Gasteiger partial charge in [0.25, 0.3) is 0 Å². The lowest BCUT2D eigenvalue weighted by Gasteiger charge is -2.37. The minimum absolute atomic E-state index is 0.645. The third-order valence-corrected chi connectivity index (χ3v) is 4.24. The number of hydrogen-bond acceptors (Lipinski definition) is 1. The van der Waals surface area contributed by atoms with Gasteiger partial charge in [-0.1, -0.05) is 28.1 Å². The molecule has 0 atom stereocenters. The van der Waals surface area contributed by atoms with Crippen LogP contribution in [0.15, 0.2) is 41.3 Å². The lowest BCUT2D eigenvalue weighted by molar-refractivity contribution is 0.261. The second-order valence-corrected chi connectivity index (χ2v) is 5.73. The van der Waals surface area contributed by atoms with Crippen molar-refractivity contribution in [3.05, 3.63) is 52.5 Å². The Morgan fingerprint density at radius 3 is 2.53 bits per heavy atom. The van der Waals surface area contributed by atoms with Gasteiger partial charge >= 0.3 is 0 Å². The third-order valence-electron chi connectivity index (χ3n) is 3.71. The smallest absolute Gasteiger partial charge is 0.0950 e. The number of imidazole rings is 1. The summed E-state index contributed by atoms with van der Waals surface area (Å²) in [5.74, 6) is 0.717. The summed E-state index contributed by atoms with van der Waals surface area (Å²) in [6.07, 6.45) is 6.36. The summed E-state index contributed by atoms with van der Waals surface area (Å²) >= 11 is 3.48. The molecule has 0 saturated heterocycles. The van der Waals surface area contributed by atoms with Crippen LogP contribution in [0.3, 0.4) is 0 Å². The Labute approximate surface area is 110 Å². The highest BCUT2D eigenvalue weighted by atomic mass is 79.9. The van der Waals surface area contributed by atoms with E-state index >= 15 is 0 Å². The number of halogens is 1. The van der Waals surface area contributed by atoms with Crippen LogP contribution in [0.2, 0.25) is 0 Å². The van der Waals surface area contributed by atoms with E-state index in [1.807, 2.05) is 12.5 Å². The van der Waals surface area contributed by atoms with E-state index in [-0.39, 0.29) is 0 Å². The fraction of sp³-hybridized carbons (Fsp3) is 0.357. The standard InChI is InChI=1S/C14H15BrN2/c1-10-8-16-9-17(10)14-6-12(7-14)11-2-4-13(15)5-3-11/h2-5,8-9,12,14H,6-7H2,1H3. The average molecular weight is 291 g/mol. The Bertz CT molecular complexity index is 509. The number of rotatable bonds is 2. The van der Waals surface area contributed by atoms with E-state index in [1.165, 1.54) is 24.1 Å².